The second-order valence-electron chi connectivity index (χ2n) is 4.52. The number of anilines is 1. The average molecular weight is 299 g/mol. The zero-order chi connectivity index (χ0) is 15.8. The lowest BCUT2D eigenvalue weighted by atomic mass is 10.2. The van der Waals surface area contributed by atoms with Gasteiger partial charge in [0.25, 0.3) is 0 Å². The first-order valence-electron chi connectivity index (χ1n) is 6.77. The van der Waals surface area contributed by atoms with Crippen LogP contribution in [0.15, 0.2) is 48.8 Å². The van der Waals surface area contributed by atoms with E-state index in [2.05, 4.69) is 15.6 Å². The topological polar surface area (TPSA) is 80.3 Å². The van der Waals surface area contributed by atoms with E-state index in [0.717, 1.165) is 5.56 Å². The summed E-state index contributed by atoms with van der Waals surface area (Å²) < 4.78 is 4.70. The third-order valence-electron chi connectivity index (χ3n) is 3.01. The SMILES string of the molecule is COC(=O)c1ccccc1NCC(=O)NCc1ccncc1. The Morgan fingerprint density at radius 2 is 1.86 bits per heavy atom. The average Bonchev–Trinajstić information content (AvgIpc) is 2.58. The Balaban J connectivity index is 1.87. The van der Waals surface area contributed by atoms with Crippen molar-refractivity contribution in [3.05, 3.63) is 59.9 Å². The van der Waals surface area contributed by atoms with Crippen molar-refractivity contribution in [2.75, 3.05) is 19.0 Å². The fourth-order valence-electron chi connectivity index (χ4n) is 1.86. The van der Waals surface area contributed by atoms with Gasteiger partial charge in [0, 0.05) is 24.6 Å². The fourth-order valence-corrected chi connectivity index (χ4v) is 1.86. The van der Waals surface area contributed by atoms with E-state index in [1.54, 1.807) is 36.7 Å². The first-order valence-corrected chi connectivity index (χ1v) is 6.77. The molecule has 0 aliphatic carbocycles. The van der Waals surface area contributed by atoms with Crippen LogP contribution >= 0.6 is 0 Å². The predicted molar refractivity (Wildman–Crippen MR) is 82.4 cm³/mol. The summed E-state index contributed by atoms with van der Waals surface area (Å²) in [6, 6.07) is 10.6. The highest BCUT2D eigenvalue weighted by molar-refractivity contribution is 5.96. The molecule has 0 fully saturated rings. The molecule has 0 aliphatic rings. The van der Waals surface area contributed by atoms with Crippen molar-refractivity contribution < 1.29 is 14.3 Å². The number of methoxy groups -OCH3 is 1. The van der Waals surface area contributed by atoms with Crippen molar-refractivity contribution in [2.45, 2.75) is 6.54 Å². The molecule has 2 N–H and O–H groups in total. The molecular formula is C16H17N3O3. The van der Waals surface area contributed by atoms with Crippen molar-refractivity contribution >= 4 is 17.6 Å². The first kappa shape index (κ1) is 15.5. The highest BCUT2D eigenvalue weighted by Gasteiger charge is 2.11. The van der Waals surface area contributed by atoms with Crippen LogP contribution in [0.2, 0.25) is 0 Å². The highest BCUT2D eigenvalue weighted by atomic mass is 16.5. The van der Waals surface area contributed by atoms with Gasteiger partial charge in [0.1, 0.15) is 0 Å². The molecule has 6 nitrogen and oxygen atoms in total. The van der Waals surface area contributed by atoms with E-state index in [-0.39, 0.29) is 12.5 Å². The molecule has 0 aliphatic heterocycles. The van der Waals surface area contributed by atoms with Crippen molar-refractivity contribution in [3.63, 3.8) is 0 Å². The van der Waals surface area contributed by atoms with Crippen LogP contribution in [0.25, 0.3) is 0 Å². The molecule has 0 unspecified atom stereocenters. The van der Waals surface area contributed by atoms with Gasteiger partial charge in [-0.2, -0.15) is 0 Å². The number of nitrogens with zero attached hydrogens (tertiary/aromatic N) is 1. The molecule has 0 radical (unpaired) electrons. The van der Waals surface area contributed by atoms with Crippen LogP contribution in [0.5, 0.6) is 0 Å². The summed E-state index contributed by atoms with van der Waals surface area (Å²) in [5.74, 6) is -0.614. The molecule has 22 heavy (non-hydrogen) atoms. The van der Waals surface area contributed by atoms with E-state index in [4.69, 9.17) is 4.74 Å². The minimum Gasteiger partial charge on any atom is -0.465 e. The van der Waals surface area contributed by atoms with Gasteiger partial charge < -0.3 is 15.4 Å². The molecule has 0 saturated carbocycles. The van der Waals surface area contributed by atoms with Gasteiger partial charge in [-0.05, 0) is 29.8 Å². The Bertz CT molecular complexity index is 644. The number of para-hydroxylation sites is 1. The molecule has 1 aromatic carbocycles. The van der Waals surface area contributed by atoms with E-state index < -0.39 is 5.97 Å². The molecule has 6 heteroatoms. The summed E-state index contributed by atoms with van der Waals surface area (Å²) >= 11 is 0. The van der Waals surface area contributed by atoms with Gasteiger partial charge in [-0.15, -0.1) is 0 Å². The number of esters is 1. The lowest BCUT2D eigenvalue weighted by molar-refractivity contribution is -0.119. The summed E-state index contributed by atoms with van der Waals surface area (Å²) in [6.07, 6.45) is 3.35. The van der Waals surface area contributed by atoms with Crippen LogP contribution in [0.3, 0.4) is 0 Å². The minimum absolute atomic E-state index is 0.0685. The zero-order valence-electron chi connectivity index (χ0n) is 12.2. The molecule has 0 saturated heterocycles. The van der Waals surface area contributed by atoms with Gasteiger partial charge in [0.15, 0.2) is 0 Å². The van der Waals surface area contributed by atoms with Gasteiger partial charge in [-0.3, -0.25) is 9.78 Å². The lowest BCUT2D eigenvalue weighted by Gasteiger charge is -2.11. The van der Waals surface area contributed by atoms with Crippen LogP contribution < -0.4 is 10.6 Å². The van der Waals surface area contributed by atoms with Crippen LogP contribution in [-0.4, -0.2) is 30.5 Å². The highest BCUT2D eigenvalue weighted by Crippen LogP contribution is 2.15. The number of carbonyl (C=O) groups is 2. The van der Waals surface area contributed by atoms with E-state index in [0.29, 0.717) is 17.8 Å². The van der Waals surface area contributed by atoms with Crippen LogP contribution in [0.4, 0.5) is 5.69 Å². The Kier molecular flexibility index (Phi) is 5.48. The summed E-state index contributed by atoms with van der Waals surface area (Å²) in [4.78, 5) is 27.4. The summed E-state index contributed by atoms with van der Waals surface area (Å²) in [5.41, 5.74) is 1.93. The van der Waals surface area contributed by atoms with Crippen molar-refractivity contribution in [3.8, 4) is 0 Å². The Hall–Kier alpha value is -2.89. The number of amides is 1. The largest absolute Gasteiger partial charge is 0.465 e. The fraction of sp³-hybridized carbons (Fsp3) is 0.188. The number of ether oxygens (including phenoxy) is 1. The number of carbonyl (C=O) groups excluding carboxylic acids is 2. The van der Waals surface area contributed by atoms with E-state index in [9.17, 15) is 9.59 Å². The van der Waals surface area contributed by atoms with Crippen LogP contribution in [-0.2, 0) is 16.1 Å². The number of hydrogen-bond acceptors (Lipinski definition) is 5. The maximum atomic E-state index is 11.8. The smallest absolute Gasteiger partial charge is 0.339 e. The normalized spacial score (nSPS) is 9.86. The molecule has 114 valence electrons. The van der Waals surface area contributed by atoms with Crippen molar-refractivity contribution in [1.29, 1.82) is 0 Å². The first-order chi connectivity index (χ1) is 10.7. The summed E-state index contributed by atoms with van der Waals surface area (Å²) in [7, 11) is 1.32. The predicted octanol–water partition coefficient (Wildman–Crippen LogP) is 1.60. The maximum absolute atomic E-state index is 11.8. The quantitative estimate of drug-likeness (QED) is 0.792. The third-order valence-corrected chi connectivity index (χ3v) is 3.01. The Morgan fingerprint density at radius 1 is 1.14 bits per heavy atom. The third kappa shape index (κ3) is 4.31. The summed E-state index contributed by atoms with van der Waals surface area (Å²) in [6.45, 7) is 0.501. The second-order valence-corrected chi connectivity index (χ2v) is 4.52. The number of aromatic nitrogens is 1. The lowest BCUT2D eigenvalue weighted by Crippen LogP contribution is -2.29. The molecule has 2 aromatic rings. The molecular weight excluding hydrogens is 282 g/mol. The van der Waals surface area contributed by atoms with Gasteiger partial charge in [0.05, 0.1) is 19.2 Å². The molecule has 0 spiro atoms. The van der Waals surface area contributed by atoms with Crippen LogP contribution in [0.1, 0.15) is 15.9 Å². The molecule has 1 heterocycles. The van der Waals surface area contributed by atoms with E-state index in [1.807, 2.05) is 12.1 Å². The molecule has 1 amide bonds. The van der Waals surface area contributed by atoms with Crippen molar-refractivity contribution in [2.24, 2.45) is 0 Å². The van der Waals surface area contributed by atoms with Gasteiger partial charge >= 0.3 is 5.97 Å². The monoisotopic (exact) mass is 299 g/mol. The number of nitrogens with one attached hydrogen (secondary N) is 2. The van der Waals surface area contributed by atoms with Gasteiger partial charge in [-0.1, -0.05) is 12.1 Å². The Morgan fingerprint density at radius 3 is 2.59 bits per heavy atom. The second kappa shape index (κ2) is 7.78. The van der Waals surface area contributed by atoms with Gasteiger partial charge in [-0.25, -0.2) is 4.79 Å². The van der Waals surface area contributed by atoms with Crippen molar-refractivity contribution in [1.82, 2.24) is 10.3 Å². The minimum atomic E-state index is -0.444. The molecule has 1 aromatic heterocycles. The van der Waals surface area contributed by atoms with Crippen LogP contribution in [0, 0.1) is 0 Å². The number of pyridine rings is 1. The molecule has 0 atom stereocenters. The number of rotatable bonds is 6. The molecule has 0 bridgehead atoms. The van der Waals surface area contributed by atoms with Gasteiger partial charge in [0.2, 0.25) is 5.91 Å². The standard InChI is InChI=1S/C16H17N3O3/c1-22-16(21)13-4-2-3-5-14(13)18-11-15(20)19-10-12-6-8-17-9-7-12/h2-9,18H,10-11H2,1H3,(H,19,20). The summed E-state index contributed by atoms with van der Waals surface area (Å²) in [5, 5.41) is 5.73. The number of benzene rings is 1. The molecule has 2 rings (SSSR count). The maximum Gasteiger partial charge on any atom is 0.339 e. The number of hydrogen-bond donors (Lipinski definition) is 2. The van der Waals surface area contributed by atoms with E-state index in [1.165, 1.54) is 7.11 Å². The Labute approximate surface area is 128 Å². The zero-order valence-corrected chi connectivity index (χ0v) is 12.2. The van der Waals surface area contributed by atoms with E-state index >= 15 is 0 Å².